The van der Waals surface area contributed by atoms with Crippen molar-refractivity contribution in [2.75, 3.05) is 31.1 Å². The molecule has 2 aliphatic rings. The molecule has 47 heavy (non-hydrogen) atoms. The maximum absolute atomic E-state index is 14.7. The molecule has 3 aromatic carbocycles. The largest absolute Gasteiger partial charge is 0.476 e. The molecule has 250 valence electrons. The first-order valence-electron chi connectivity index (χ1n) is 15.6. The van der Waals surface area contributed by atoms with Crippen LogP contribution in [0.4, 0.5) is 23.7 Å². The number of hydrogen-bond donors (Lipinski definition) is 2. The Morgan fingerprint density at radius 2 is 1.74 bits per heavy atom. The molecular weight excluding hydrogens is 613 g/mol. The summed E-state index contributed by atoms with van der Waals surface area (Å²) in [6.07, 6.45) is -5.77. The Balaban J connectivity index is 1.64. The predicted molar refractivity (Wildman–Crippen MR) is 171 cm³/mol. The van der Waals surface area contributed by atoms with Crippen molar-refractivity contribution in [2.24, 2.45) is 5.73 Å². The lowest BCUT2D eigenvalue weighted by Crippen LogP contribution is -2.57. The zero-order valence-corrected chi connectivity index (χ0v) is 26.8. The van der Waals surface area contributed by atoms with Crippen LogP contribution in [0.5, 0.6) is 5.75 Å². The number of alkyl halides is 3. The second-order valence-corrected chi connectivity index (χ2v) is 12.7. The number of benzene rings is 3. The fourth-order valence-corrected chi connectivity index (χ4v) is 6.64. The third-order valence-corrected chi connectivity index (χ3v) is 8.83. The SMILES string of the molecule is CC(C)N(C(=O)c1cc2c(cc1C(F)(F)F)OC(C)(C)C(=O)N2CCN)[C@@H]1CN(C(=O)O)CC[C@H]1c1cccc(-c2ccccc2)c1. The lowest BCUT2D eigenvalue weighted by molar-refractivity contribution is -0.138. The highest BCUT2D eigenvalue weighted by molar-refractivity contribution is 6.05. The summed E-state index contributed by atoms with van der Waals surface area (Å²) in [5.74, 6) is -2.00. The van der Waals surface area contributed by atoms with Gasteiger partial charge in [0.15, 0.2) is 5.60 Å². The molecule has 5 rings (SSSR count). The van der Waals surface area contributed by atoms with Gasteiger partial charge in [-0.1, -0.05) is 54.6 Å². The number of fused-ring (bicyclic) bond motifs is 1. The van der Waals surface area contributed by atoms with Crippen molar-refractivity contribution in [2.45, 2.75) is 63.9 Å². The Morgan fingerprint density at radius 1 is 1.06 bits per heavy atom. The number of nitrogens with two attached hydrogens (primary N) is 1. The zero-order chi connectivity index (χ0) is 34.3. The van der Waals surface area contributed by atoms with E-state index in [0.717, 1.165) is 28.8 Å². The van der Waals surface area contributed by atoms with E-state index in [-0.39, 0.29) is 43.5 Å². The van der Waals surface area contributed by atoms with Crippen molar-refractivity contribution in [1.29, 1.82) is 0 Å². The second kappa shape index (κ2) is 12.9. The fraction of sp³-hybridized carbons (Fsp3) is 0.400. The normalized spacial score (nSPS) is 19.3. The third kappa shape index (κ3) is 6.64. The number of anilines is 1. The van der Waals surface area contributed by atoms with Gasteiger partial charge < -0.3 is 30.3 Å². The summed E-state index contributed by atoms with van der Waals surface area (Å²) in [7, 11) is 0. The molecule has 2 aliphatic heterocycles. The van der Waals surface area contributed by atoms with Crippen molar-refractivity contribution < 1.29 is 37.4 Å². The molecule has 9 nitrogen and oxygen atoms in total. The average Bonchev–Trinajstić information content (AvgIpc) is 3.02. The van der Waals surface area contributed by atoms with Crippen LogP contribution in [0.3, 0.4) is 0 Å². The van der Waals surface area contributed by atoms with Crippen molar-refractivity contribution in [3.8, 4) is 16.9 Å². The van der Waals surface area contributed by atoms with Crippen LogP contribution in [0.15, 0.2) is 66.7 Å². The van der Waals surface area contributed by atoms with Gasteiger partial charge in [-0.05, 0) is 62.9 Å². The number of rotatable bonds is 7. The molecule has 1 fully saturated rings. The van der Waals surface area contributed by atoms with Crippen LogP contribution in [0.1, 0.15) is 61.5 Å². The van der Waals surface area contributed by atoms with Crippen LogP contribution < -0.4 is 15.4 Å². The van der Waals surface area contributed by atoms with Crippen LogP contribution in [-0.2, 0) is 11.0 Å². The highest BCUT2D eigenvalue weighted by atomic mass is 19.4. The monoisotopic (exact) mass is 652 g/mol. The zero-order valence-electron chi connectivity index (χ0n) is 26.8. The number of amides is 3. The Bertz CT molecular complexity index is 1660. The highest BCUT2D eigenvalue weighted by Crippen LogP contribution is 2.45. The summed E-state index contributed by atoms with van der Waals surface area (Å²) in [6, 6.07) is 17.8. The van der Waals surface area contributed by atoms with Gasteiger partial charge in [0.1, 0.15) is 5.75 Å². The van der Waals surface area contributed by atoms with Gasteiger partial charge in [0.2, 0.25) is 0 Å². The Kier molecular flexibility index (Phi) is 9.27. The number of halogens is 3. The second-order valence-electron chi connectivity index (χ2n) is 12.7. The van der Waals surface area contributed by atoms with Crippen LogP contribution in [0, 0.1) is 0 Å². The number of carbonyl (C=O) groups is 3. The van der Waals surface area contributed by atoms with Crippen LogP contribution in [0.25, 0.3) is 11.1 Å². The summed E-state index contributed by atoms with van der Waals surface area (Å²) in [5.41, 5.74) is 5.19. The maximum atomic E-state index is 14.7. The minimum Gasteiger partial charge on any atom is -0.476 e. The molecule has 2 heterocycles. The van der Waals surface area contributed by atoms with Gasteiger partial charge in [-0.25, -0.2) is 4.79 Å². The van der Waals surface area contributed by atoms with E-state index < -0.39 is 52.9 Å². The van der Waals surface area contributed by atoms with Crippen molar-refractivity contribution in [3.05, 3.63) is 83.4 Å². The molecule has 1 saturated heterocycles. The molecule has 0 saturated carbocycles. The molecular formula is C35H39F3N4O5. The maximum Gasteiger partial charge on any atom is 0.417 e. The first-order chi connectivity index (χ1) is 22.1. The number of hydrogen-bond acceptors (Lipinski definition) is 5. The van der Waals surface area contributed by atoms with E-state index in [9.17, 15) is 32.7 Å². The van der Waals surface area contributed by atoms with Gasteiger partial charge in [-0.15, -0.1) is 0 Å². The molecule has 3 aromatic rings. The van der Waals surface area contributed by atoms with E-state index in [1.165, 1.54) is 28.5 Å². The number of likely N-dealkylation sites (tertiary alicyclic amines) is 1. The topological polar surface area (TPSA) is 116 Å². The summed E-state index contributed by atoms with van der Waals surface area (Å²) < 4.78 is 49.8. The van der Waals surface area contributed by atoms with E-state index in [1.54, 1.807) is 13.8 Å². The summed E-state index contributed by atoms with van der Waals surface area (Å²) in [6.45, 7) is 6.43. The van der Waals surface area contributed by atoms with Crippen molar-refractivity contribution in [3.63, 3.8) is 0 Å². The minimum atomic E-state index is -4.95. The smallest absolute Gasteiger partial charge is 0.417 e. The molecule has 3 N–H and O–H groups in total. The molecule has 0 spiro atoms. The molecule has 3 amide bonds. The summed E-state index contributed by atoms with van der Waals surface area (Å²) in [5, 5.41) is 9.92. The number of carboxylic acid groups (broad SMARTS) is 1. The molecule has 0 radical (unpaired) electrons. The van der Waals surface area contributed by atoms with Gasteiger partial charge in [0, 0.05) is 38.1 Å². The Hall–Kier alpha value is -4.58. The highest BCUT2D eigenvalue weighted by Gasteiger charge is 2.46. The van der Waals surface area contributed by atoms with Gasteiger partial charge >= 0.3 is 12.3 Å². The van der Waals surface area contributed by atoms with E-state index in [2.05, 4.69) is 0 Å². The van der Waals surface area contributed by atoms with E-state index in [4.69, 9.17) is 10.5 Å². The van der Waals surface area contributed by atoms with E-state index in [0.29, 0.717) is 6.42 Å². The van der Waals surface area contributed by atoms with Crippen molar-refractivity contribution >= 4 is 23.6 Å². The first kappa shape index (κ1) is 33.8. The van der Waals surface area contributed by atoms with Gasteiger partial charge in [-0.3, -0.25) is 9.59 Å². The van der Waals surface area contributed by atoms with Gasteiger partial charge in [0.25, 0.3) is 11.8 Å². The van der Waals surface area contributed by atoms with Crippen LogP contribution >= 0.6 is 0 Å². The van der Waals surface area contributed by atoms with E-state index in [1.807, 2.05) is 54.6 Å². The summed E-state index contributed by atoms with van der Waals surface area (Å²) >= 11 is 0. The van der Waals surface area contributed by atoms with Crippen LogP contribution in [0.2, 0.25) is 0 Å². The van der Waals surface area contributed by atoms with Gasteiger partial charge in [0.05, 0.1) is 22.9 Å². The molecule has 12 heteroatoms. The lowest BCUT2D eigenvalue weighted by Gasteiger charge is -2.46. The van der Waals surface area contributed by atoms with Gasteiger partial charge in [-0.2, -0.15) is 13.2 Å². The Morgan fingerprint density at radius 3 is 2.36 bits per heavy atom. The number of nitrogens with zero attached hydrogens (tertiary/aromatic N) is 3. The molecule has 0 aromatic heterocycles. The minimum absolute atomic E-state index is 0.00153. The first-order valence-corrected chi connectivity index (χ1v) is 15.6. The quantitative estimate of drug-likeness (QED) is 0.313. The predicted octanol–water partition coefficient (Wildman–Crippen LogP) is 6.22. The fourth-order valence-electron chi connectivity index (χ4n) is 6.64. The molecule has 0 aliphatic carbocycles. The standard InChI is InChI=1S/C35H39F3N4O5/c1-21(2)42(29-20-40(33(45)46)15-13-25(29)24-12-8-11-23(17-24)22-9-6-5-7-10-22)31(43)26-18-28-30(19-27(26)35(36,37)38)47-34(3,4)32(44)41(28)16-14-39/h5-12,17-19,21,25,29H,13-16,20,39H2,1-4H3,(H,45,46)/t25-,29+/m0/s1. The number of carbonyl (C=O) groups excluding carboxylic acids is 2. The lowest BCUT2D eigenvalue weighted by atomic mass is 9.82. The molecule has 0 bridgehead atoms. The number of piperidine rings is 1. The van der Waals surface area contributed by atoms with Crippen molar-refractivity contribution in [1.82, 2.24) is 9.80 Å². The van der Waals surface area contributed by atoms with Crippen LogP contribution in [-0.4, -0.2) is 76.7 Å². The average molecular weight is 653 g/mol. The number of ether oxygens (including phenoxy) is 1. The molecule has 2 atom stereocenters. The Labute approximate surface area is 271 Å². The summed E-state index contributed by atoms with van der Waals surface area (Å²) in [4.78, 5) is 43.7. The third-order valence-electron chi connectivity index (χ3n) is 8.83. The molecule has 0 unspecified atom stereocenters. The van der Waals surface area contributed by atoms with E-state index >= 15 is 0 Å².